The van der Waals surface area contributed by atoms with Crippen molar-refractivity contribution in [3.8, 4) is 0 Å². The fourth-order valence-corrected chi connectivity index (χ4v) is 2.77. The third-order valence-electron chi connectivity index (χ3n) is 3.60. The first-order valence-electron chi connectivity index (χ1n) is 6.85. The van der Waals surface area contributed by atoms with Crippen LogP contribution in [0, 0.1) is 3.57 Å². The Bertz CT molecular complexity index is 501. The van der Waals surface area contributed by atoms with Gasteiger partial charge in [0.15, 0.2) is 0 Å². The zero-order valence-corrected chi connectivity index (χ0v) is 13.9. The van der Waals surface area contributed by atoms with Crippen LogP contribution in [0.3, 0.4) is 0 Å². The first-order chi connectivity index (χ1) is 9.51. The third-order valence-corrected chi connectivity index (χ3v) is 4.32. The van der Waals surface area contributed by atoms with Crippen molar-refractivity contribution in [1.82, 2.24) is 10.2 Å². The number of hydrogen-bond donors (Lipinski definition) is 1. The quantitative estimate of drug-likeness (QED) is 0.811. The van der Waals surface area contributed by atoms with Gasteiger partial charge < -0.3 is 10.2 Å². The van der Waals surface area contributed by atoms with Gasteiger partial charge in [-0.2, -0.15) is 0 Å². The molecule has 5 heteroatoms. The summed E-state index contributed by atoms with van der Waals surface area (Å²) in [5, 5.41) is 2.80. The molecule has 1 aromatic rings. The van der Waals surface area contributed by atoms with Crippen molar-refractivity contribution in [2.24, 2.45) is 0 Å². The van der Waals surface area contributed by atoms with Gasteiger partial charge in [-0.1, -0.05) is 19.1 Å². The first kappa shape index (κ1) is 15.3. The molecule has 108 valence electrons. The Morgan fingerprint density at radius 1 is 1.30 bits per heavy atom. The van der Waals surface area contributed by atoms with Gasteiger partial charge in [0.25, 0.3) is 0 Å². The zero-order chi connectivity index (χ0) is 14.7. The van der Waals surface area contributed by atoms with Gasteiger partial charge in [0.05, 0.1) is 0 Å². The summed E-state index contributed by atoms with van der Waals surface area (Å²) in [6.45, 7) is 4.41. The van der Waals surface area contributed by atoms with Crippen LogP contribution in [-0.4, -0.2) is 28.8 Å². The number of nitrogens with one attached hydrogen (secondary N) is 1. The standard InChI is InChI=1S/C15H19IN2O2/c1-3-13-15(20)18(10(2)8-14(19)17-13)9-11-4-6-12(16)7-5-11/h4-7,10,13H,3,8-9H2,1-2H3,(H,17,19). The normalized spacial score (nSPS) is 23.4. The van der Waals surface area contributed by atoms with E-state index in [0.717, 1.165) is 5.56 Å². The number of hydrogen-bond acceptors (Lipinski definition) is 2. The van der Waals surface area contributed by atoms with E-state index in [-0.39, 0.29) is 17.9 Å². The second-order valence-corrected chi connectivity index (χ2v) is 6.42. The van der Waals surface area contributed by atoms with E-state index < -0.39 is 6.04 Å². The van der Waals surface area contributed by atoms with Crippen LogP contribution in [0.4, 0.5) is 0 Å². The Morgan fingerprint density at radius 3 is 2.55 bits per heavy atom. The van der Waals surface area contributed by atoms with Crippen molar-refractivity contribution in [2.75, 3.05) is 0 Å². The second-order valence-electron chi connectivity index (χ2n) is 5.17. The highest BCUT2D eigenvalue weighted by Gasteiger charge is 2.32. The molecule has 2 atom stereocenters. The monoisotopic (exact) mass is 386 g/mol. The van der Waals surface area contributed by atoms with E-state index in [1.165, 1.54) is 3.57 Å². The van der Waals surface area contributed by atoms with Gasteiger partial charge >= 0.3 is 0 Å². The topological polar surface area (TPSA) is 49.4 Å². The van der Waals surface area contributed by atoms with Crippen LogP contribution in [0.15, 0.2) is 24.3 Å². The molecule has 1 aliphatic heterocycles. The van der Waals surface area contributed by atoms with Gasteiger partial charge in [-0.3, -0.25) is 9.59 Å². The fourth-order valence-electron chi connectivity index (χ4n) is 2.41. The molecule has 4 nitrogen and oxygen atoms in total. The highest BCUT2D eigenvalue weighted by molar-refractivity contribution is 14.1. The highest BCUT2D eigenvalue weighted by atomic mass is 127. The van der Waals surface area contributed by atoms with Gasteiger partial charge in [0, 0.05) is 22.6 Å². The molecule has 1 heterocycles. The summed E-state index contributed by atoms with van der Waals surface area (Å²) in [4.78, 5) is 26.1. The molecule has 20 heavy (non-hydrogen) atoms. The molecular weight excluding hydrogens is 367 g/mol. The molecule has 0 aromatic heterocycles. The molecule has 2 amide bonds. The molecule has 0 bridgehead atoms. The van der Waals surface area contributed by atoms with Crippen LogP contribution in [-0.2, 0) is 16.1 Å². The predicted octanol–water partition coefficient (Wildman–Crippen LogP) is 2.31. The van der Waals surface area contributed by atoms with Gasteiger partial charge in [-0.25, -0.2) is 0 Å². The Kier molecular flexibility index (Phi) is 5.01. The Balaban J connectivity index is 2.20. The van der Waals surface area contributed by atoms with Crippen LogP contribution >= 0.6 is 22.6 Å². The van der Waals surface area contributed by atoms with E-state index in [0.29, 0.717) is 19.4 Å². The summed E-state index contributed by atoms with van der Waals surface area (Å²) in [7, 11) is 0. The average Bonchev–Trinajstić information content (AvgIpc) is 2.52. The maximum atomic E-state index is 12.5. The van der Waals surface area contributed by atoms with Crippen LogP contribution in [0.25, 0.3) is 0 Å². The summed E-state index contributed by atoms with van der Waals surface area (Å²) in [6, 6.07) is 7.66. The van der Waals surface area contributed by atoms with Gasteiger partial charge in [-0.05, 0) is 53.6 Å². The summed E-state index contributed by atoms with van der Waals surface area (Å²) in [6.07, 6.45) is 0.993. The minimum Gasteiger partial charge on any atom is -0.344 e. The van der Waals surface area contributed by atoms with E-state index in [1.54, 1.807) is 0 Å². The lowest BCUT2D eigenvalue weighted by atomic mass is 10.1. The zero-order valence-electron chi connectivity index (χ0n) is 11.7. The van der Waals surface area contributed by atoms with Crippen molar-refractivity contribution in [2.45, 2.75) is 45.3 Å². The molecule has 1 N–H and O–H groups in total. The van der Waals surface area contributed by atoms with Crippen molar-refractivity contribution in [1.29, 1.82) is 0 Å². The number of nitrogens with zero attached hydrogens (tertiary/aromatic N) is 1. The Morgan fingerprint density at radius 2 is 1.95 bits per heavy atom. The number of rotatable bonds is 3. The van der Waals surface area contributed by atoms with Crippen LogP contribution < -0.4 is 5.32 Å². The Hall–Kier alpha value is -1.11. The van der Waals surface area contributed by atoms with Crippen LogP contribution in [0.2, 0.25) is 0 Å². The highest BCUT2D eigenvalue weighted by Crippen LogP contribution is 2.17. The molecule has 0 radical (unpaired) electrons. The average molecular weight is 386 g/mol. The van der Waals surface area contributed by atoms with Crippen molar-refractivity contribution in [3.63, 3.8) is 0 Å². The summed E-state index contributed by atoms with van der Waals surface area (Å²) < 4.78 is 1.17. The SMILES string of the molecule is CCC1NC(=O)CC(C)N(Cc2ccc(I)cc2)C1=O. The molecule has 2 unspecified atom stereocenters. The maximum Gasteiger partial charge on any atom is 0.245 e. The van der Waals surface area contributed by atoms with E-state index in [9.17, 15) is 9.59 Å². The molecule has 1 aromatic carbocycles. The molecule has 0 aliphatic carbocycles. The summed E-state index contributed by atoms with van der Waals surface area (Å²) >= 11 is 2.26. The number of carbonyl (C=O) groups is 2. The number of halogens is 1. The molecule has 1 fully saturated rings. The second kappa shape index (κ2) is 6.56. The molecule has 0 saturated carbocycles. The summed E-state index contributed by atoms with van der Waals surface area (Å²) in [5.74, 6) is -0.0211. The predicted molar refractivity (Wildman–Crippen MR) is 86.0 cm³/mol. The lowest BCUT2D eigenvalue weighted by Gasteiger charge is -2.28. The van der Waals surface area contributed by atoms with E-state index in [2.05, 4.69) is 27.9 Å². The number of amides is 2. The van der Waals surface area contributed by atoms with Crippen molar-refractivity contribution >= 4 is 34.4 Å². The smallest absolute Gasteiger partial charge is 0.245 e. The lowest BCUT2D eigenvalue weighted by molar-refractivity contribution is -0.135. The van der Waals surface area contributed by atoms with E-state index >= 15 is 0 Å². The largest absolute Gasteiger partial charge is 0.344 e. The summed E-state index contributed by atoms with van der Waals surface area (Å²) in [5.41, 5.74) is 1.09. The molecule has 0 spiro atoms. The van der Waals surface area contributed by atoms with Gasteiger partial charge in [0.2, 0.25) is 11.8 Å². The van der Waals surface area contributed by atoms with Crippen molar-refractivity contribution < 1.29 is 9.59 Å². The maximum absolute atomic E-state index is 12.5. The molecule has 1 aliphatic rings. The van der Waals surface area contributed by atoms with E-state index in [1.807, 2.05) is 43.0 Å². The first-order valence-corrected chi connectivity index (χ1v) is 7.93. The third kappa shape index (κ3) is 3.50. The molecule has 2 rings (SSSR count). The van der Waals surface area contributed by atoms with Gasteiger partial charge in [-0.15, -0.1) is 0 Å². The number of carbonyl (C=O) groups excluding carboxylic acids is 2. The van der Waals surface area contributed by atoms with Crippen LogP contribution in [0.5, 0.6) is 0 Å². The van der Waals surface area contributed by atoms with Crippen LogP contribution in [0.1, 0.15) is 32.3 Å². The molecule has 1 saturated heterocycles. The minimum atomic E-state index is -0.392. The fraction of sp³-hybridized carbons (Fsp3) is 0.467. The molecular formula is C15H19IN2O2. The van der Waals surface area contributed by atoms with Gasteiger partial charge in [0.1, 0.15) is 6.04 Å². The van der Waals surface area contributed by atoms with E-state index in [4.69, 9.17) is 0 Å². The Labute approximate surface area is 133 Å². The minimum absolute atomic E-state index is 0.0180. The number of benzene rings is 1. The lowest BCUT2D eigenvalue weighted by Crippen LogP contribution is -2.45. The van der Waals surface area contributed by atoms with Crippen molar-refractivity contribution in [3.05, 3.63) is 33.4 Å².